The number of ketones is 1. The molecule has 1 aromatic rings. The highest BCUT2D eigenvalue weighted by Gasteiger charge is 2.37. The molecular formula is C17H21NO2. The zero-order valence-electron chi connectivity index (χ0n) is 12.0. The number of likely N-dealkylation sites (tertiary alicyclic amines) is 1. The van der Waals surface area contributed by atoms with E-state index in [0.29, 0.717) is 6.42 Å². The molecular weight excluding hydrogens is 250 g/mol. The lowest BCUT2D eigenvalue weighted by atomic mass is 9.76. The molecule has 3 rings (SSSR count). The Balaban J connectivity index is 1.74. The predicted molar refractivity (Wildman–Crippen MR) is 77.5 cm³/mol. The summed E-state index contributed by atoms with van der Waals surface area (Å²) < 4.78 is 0. The second-order valence-electron chi connectivity index (χ2n) is 6.04. The number of fused-ring (bicyclic) bond motifs is 1. The fraction of sp³-hybridized carbons (Fsp3) is 0.529. The van der Waals surface area contributed by atoms with Crippen LogP contribution in [0, 0.1) is 0 Å². The zero-order chi connectivity index (χ0) is 14.1. The van der Waals surface area contributed by atoms with Crippen LogP contribution in [0.2, 0.25) is 0 Å². The monoisotopic (exact) mass is 271 g/mol. The second kappa shape index (κ2) is 5.39. The molecule has 1 aliphatic carbocycles. The van der Waals surface area contributed by atoms with E-state index in [1.54, 1.807) is 6.92 Å². The number of rotatable bonds is 3. The van der Waals surface area contributed by atoms with Crippen LogP contribution in [0.5, 0.6) is 0 Å². The largest absolute Gasteiger partial charge is 0.339 e. The van der Waals surface area contributed by atoms with Crippen LogP contribution in [0.1, 0.15) is 49.7 Å². The van der Waals surface area contributed by atoms with E-state index in [2.05, 4.69) is 12.1 Å². The molecule has 1 saturated heterocycles. The average Bonchev–Trinajstić information content (AvgIpc) is 2.40. The van der Waals surface area contributed by atoms with Crippen LogP contribution in [0.25, 0.3) is 0 Å². The standard InChI is InChI=1S/C17H21NO2/c1-12(19)10-14-7-4-5-9-18(14)17(20)16-11-13-6-2-3-8-15(13)16/h2-3,6,8,14,16H,4-5,7,9-11H2,1H3. The number of hydrogen-bond donors (Lipinski definition) is 0. The van der Waals surface area contributed by atoms with Gasteiger partial charge in [-0.15, -0.1) is 0 Å². The van der Waals surface area contributed by atoms with Gasteiger partial charge in [0.15, 0.2) is 0 Å². The Bertz CT molecular complexity index is 538. The van der Waals surface area contributed by atoms with Gasteiger partial charge in [-0.25, -0.2) is 0 Å². The van der Waals surface area contributed by atoms with Crippen LogP contribution in [-0.4, -0.2) is 29.2 Å². The molecule has 0 N–H and O–H groups in total. The Morgan fingerprint density at radius 2 is 2.05 bits per heavy atom. The van der Waals surface area contributed by atoms with E-state index in [4.69, 9.17) is 0 Å². The van der Waals surface area contributed by atoms with Crippen molar-refractivity contribution in [2.45, 2.75) is 51.0 Å². The molecule has 3 heteroatoms. The van der Waals surface area contributed by atoms with Gasteiger partial charge >= 0.3 is 0 Å². The highest BCUT2D eigenvalue weighted by atomic mass is 16.2. The third-order valence-corrected chi connectivity index (χ3v) is 4.59. The molecule has 1 aliphatic heterocycles. The Labute approximate surface area is 120 Å². The molecule has 0 aromatic heterocycles. The molecule has 20 heavy (non-hydrogen) atoms. The van der Waals surface area contributed by atoms with E-state index in [1.165, 1.54) is 11.1 Å². The highest BCUT2D eigenvalue weighted by molar-refractivity contribution is 5.88. The summed E-state index contributed by atoms with van der Waals surface area (Å²) in [5.41, 5.74) is 2.48. The van der Waals surface area contributed by atoms with Crippen LogP contribution in [0.3, 0.4) is 0 Å². The van der Waals surface area contributed by atoms with Gasteiger partial charge < -0.3 is 4.90 Å². The summed E-state index contributed by atoms with van der Waals surface area (Å²) in [5.74, 6) is 0.442. The quantitative estimate of drug-likeness (QED) is 0.847. The maximum absolute atomic E-state index is 12.7. The number of nitrogens with zero attached hydrogens (tertiary/aromatic N) is 1. The fourth-order valence-electron chi connectivity index (χ4n) is 3.51. The lowest BCUT2D eigenvalue weighted by Gasteiger charge is -2.40. The number of benzene rings is 1. The molecule has 2 atom stereocenters. The minimum atomic E-state index is 0.0266. The zero-order valence-corrected chi connectivity index (χ0v) is 12.0. The summed E-state index contributed by atoms with van der Waals surface area (Å²) in [6.45, 7) is 2.44. The van der Waals surface area contributed by atoms with E-state index in [1.807, 2.05) is 17.0 Å². The van der Waals surface area contributed by atoms with Crippen molar-refractivity contribution >= 4 is 11.7 Å². The van der Waals surface area contributed by atoms with Crippen molar-refractivity contribution in [2.24, 2.45) is 0 Å². The minimum Gasteiger partial charge on any atom is -0.339 e. The first-order chi connectivity index (χ1) is 9.66. The fourth-order valence-corrected chi connectivity index (χ4v) is 3.51. The molecule has 2 unspecified atom stereocenters. The van der Waals surface area contributed by atoms with Crippen molar-refractivity contribution in [3.05, 3.63) is 35.4 Å². The van der Waals surface area contributed by atoms with Gasteiger partial charge in [0.1, 0.15) is 5.78 Å². The van der Waals surface area contributed by atoms with Gasteiger partial charge in [0.2, 0.25) is 5.91 Å². The van der Waals surface area contributed by atoms with Crippen molar-refractivity contribution in [2.75, 3.05) is 6.54 Å². The summed E-state index contributed by atoms with van der Waals surface area (Å²) >= 11 is 0. The van der Waals surface area contributed by atoms with Crippen molar-refractivity contribution < 1.29 is 9.59 Å². The van der Waals surface area contributed by atoms with Gasteiger partial charge in [0.05, 0.1) is 5.92 Å². The van der Waals surface area contributed by atoms with E-state index in [0.717, 1.165) is 32.2 Å². The minimum absolute atomic E-state index is 0.0266. The van der Waals surface area contributed by atoms with Crippen molar-refractivity contribution in [1.82, 2.24) is 4.90 Å². The maximum Gasteiger partial charge on any atom is 0.230 e. The van der Waals surface area contributed by atoms with E-state index < -0.39 is 0 Å². The SMILES string of the molecule is CC(=O)CC1CCCCN1C(=O)C1Cc2ccccc21. The first-order valence-electron chi connectivity index (χ1n) is 7.54. The third kappa shape index (κ3) is 2.37. The number of piperidine rings is 1. The molecule has 1 aromatic carbocycles. The Morgan fingerprint density at radius 1 is 1.25 bits per heavy atom. The molecule has 1 fully saturated rings. The van der Waals surface area contributed by atoms with Crippen molar-refractivity contribution in [3.63, 3.8) is 0 Å². The van der Waals surface area contributed by atoms with Crippen LogP contribution < -0.4 is 0 Å². The predicted octanol–water partition coefficient (Wildman–Crippen LogP) is 2.69. The van der Waals surface area contributed by atoms with Crippen LogP contribution >= 0.6 is 0 Å². The van der Waals surface area contributed by atoms with Crippen molar-refractivity contribution in [3.8, 4) is 0 Å². The number of Topliss-reactive ketones (excluding diaryl/α,β-unsaturated/α-hetero) is 1. The first-order valence-corrected chi connectivity index (χ1v) is 7.54. The van der Waals surface area contributed by atoms with Crippen LogP contribution in [0.4, 0.5) is 0 Å². The van der Waals surface area contributed by atoms with Gasteiger partial charge in [0, 0.05) is 19.0 Å². The topological polar surface area (TPSA) is 37.4 Å². The highest BCUT2D eigenvalue weighted by Crippen LogP contribution is 2.37. The molecule has 3 nitrogen and oxygen atoms in total. The lowest BCUT2D eigenvalue weighted by Crippen LogP contribution is -2.48. The Kier molecular flexibility index (Phi) is 3.60. The molecule has 106 valence electrons. The lowest BCUT2D eigenvalue weighted by molar-refractivity contribution is -0.138. The van der Waals surface area contributed by atoms with Gasteiger partial charge in [-0.1, -0.05) is 24.3 Å². The summed E-state index contributed by atoms with van der Waals surface area (Å²) in [5, 5.41) is 0. The smallest absolute Gasteiger partial charge is 0.230 e. The average molecular weight is 271 g/mol. The molecule has 0 radical (unpaired) electrons. The number of hydrogen-bond acceptors (Lipinski definition) is 2. The van der Waals surface area contributed by atoms with Gasteiger partial charge in [-0.2, -0.15) is 0 Å². The second-order valence-corrected chi connectivity index (χ2v) is 6.04. The van der Waals surface area contributed by atoms with Gasteiger partial charge in [-0.3, -0.25) is 9.59 Å². The summed E-state index contributed by atoms with van der Waals surface area (Å²) in [6.07, 6.45) is 4.54. The molecule has 1 heterocycles. The van der Waals surface area contributed by atoms with Crippen molar-refractivity contribution in [1.29, 1.82) is 0 Å². The molecule has 1 amide bonds. The molecule has 0 bridgehead atoms. The summed E-state index contributed by atoms with van der Waals surface area (Å²) in [4.78, 5) is 26.1. The Morgan fingerprint density at radius 3 is 2.80 bits per heavy atom. The number of carbonyl (C=O) groups excluding carboxylic acids is 2. The van der Waals surface area contributed by atoms with E-state index in [9.17, 15) is 9.59 Å². The summed E-state index contributed by atoms with van der Waals surface area (Å²) in [6, 6.07) is 8.32. The number of carbonyl (C=O) groups is 2. The summed E-state index contributed by atoms with van der Waals surface area (Å²) in [7, 11) is 0. The van der Waals surface area contributed by atoms with E-state index in [-0.39, 0.29) is 23.7 Å². The van der Waals surface area contributed by atoms with Gasteiger partial charge in [0.25, 0.3) is 0 Å². The number of amides is 1. The van der Waals surface area contributed by atoms with E-state index >= 15 is 0 Å². The van der Waals surface area contributed by atoms with Crippen LogP contribution in [-0.2, 0) is 16.0 Å². The Hall–Kier alpha value is -1.64. The van der Waals surface area contributed by atoms with Gasteiger partial charge in [-0.05, 0) is 43.7 Å². The first kappa shape index (κ1) is 13.3. The maximum atomic E-state index is 12.7. The molecule has 0 spiro atoms. The third-order valence-electron chi connectivity index (χ3n) is 4.59. The molecule has 2 aliphatic rings. The van der Waals surface area contributed by atoms with Crippen LogP contribution in [0.15, 0.2) is 24.3 Å². The normalized spacial score (nSPS) is 24.8. The molecule has 0 saturated carbocycles.